The van der Waals surface area contributed by atoms with Gasteiger partial charge in [-0.2, -0.15) is 0 Å². The van der Waals surface area contributed by atoms with Crippen LogP contribution >= 0.6 is 0 Å². The van der Waals surface area contributed by atoms with Crippen LogP contribution in [-0.2, 0) is 9.59 Å². The number of hydrogen-bond donors (Lipinski definition) is 2. The summed E-state index contributed by atoms with van der Waals surface area (Å²) in [6, 6.07) is 0.261. The lowest BCUT2D eigenvalue weighted by Gasteiger charge is -2.33. The van der Waals surface area contributed by atoms with Crippen LogP contribution in [0, 0.1) is 11.8 Å². The van der Waals surface area contributed by atoms with Crippen LogP contribution in [0.2, 0.25) is 0 Å². The first-order valence-electron chi connectivity index (χ1n) is 7.54. The molecule has 3 aliphatic rings. The number of nitrogens with one attached hydrogen (secondary N) is 2. The molecule has 1 saturated carbocycles. The van der Waals surface area contributed by atoms with E-state index in [1.165, 1.54) is 0 Å². The molecule has 0 aromatic rings. The van der Waals surface area contributed by atoms with Gasteiger partial charge in [0.25, 0.3) is 0 Å². The van der Waals surface area contributed by atoms with Crippen LogP contribution in [0.15, 0.2) is 0 Å². The van der Waals surface area contributed by atoms with Gasteiger partial charge in [-0.15, -0.1) is 0 Å². The highest BCUT2D eigenvalue weighted by Gasteiger charge is 2.35. The summed E-state index contributed by atoms with van der Waals surface area (Å²) >= 11 is 0. The number of piperidine rings is 1. The Morgan fingerprint density at radius 1 is 1.00 bits per heavy atom. The van der Waals surface area contributed by atoms with Gasteiger partial charge in [0.05, 0.1) is 5.92 Å². The first-order valence-corrected chi connectivity index (χ1v) is 7.54. The maximum Gasteiger partial charge on any atom is 0.225 e. The molecule has 2 N–H and O–H groups in total. The Hall–Kier alpha value is -1.10. The van der Waals surface area contributed by atoms with Crippen LogP contribution in [-0.4, -0.2) is 48.9 Å². The zero-order chi connectivity index (χ0) is 13.2. The Bertz CT molecular complexity index is 354. The summed E-state index contributed by atoms with van der Waals surface area (Å²) in [6.45, 7) is 3.38. The molecule has 0 spiro atoms. The molecule has 106 valence electrons. The summed E-state index contributed by atoms with van der Waals surface area (Å²) in [5, 5.41) is 6.37. The van der Waals surface area contributed by atoms with Crippen molar-refractivity contribution in [2.75, 3.05) is 26.2 Å². The van der Waals surface area contributed by atoms with Gasteiger partial charge in [-0.25, -0.2) is 0 Å². The van der Waals surface area contributed by atoms with Crippen LogP contribution in [0.4, 0.5) is 0 Å². The van der Waals surface area contributed by atoms with Crippen molar-refractivity contribution in [1.82, 2.24) is 15.5 Å². The number of rotatable bonds is 3. The van der Waals surface area contributed by atoms with Crippen molar-refractivity contribution in [3.8, 4) is 0 Å². The molecular weight excluding hydrogens is 242 g/mol. The molecule has 0 aromatic carbocycles. The van der Waals surface area contributed by atoms with E-state index in [0.717, 1.165) is 58.3 Å². The smallest absolute Gasteiger partial charge is 0.225 e. The van der Waals surface area contributed by atoms with Gasteiger partial charge in [-0.1, -0.05) is 0 Å². The van der Waals surface area contributed by atoms with Gasteiger partial charge in [-0.3, -0.25) is 9.59 Å². The van der Waals surface area contributed by atoms with Gasteiger partial charge >= 0.3 is 0 Å². The Labute approximate surface area is 114 Å². The molecule has 1 unspecified atom stereocenters. The number of likely N-dealkylation sites (tertiary alicyclic amines) is 1. The number of carbonyl (C=O) groups is 2. The van der Waals surface area contributed by atoms with E-state index in [1.54, 1.807) is 0 Å². The summed E-state index contributed by atoms with van der Waals surface area (Å²) in [5.74, 6) is 0.989. The van der Waals surface area contributed by atoms with E-state index in [9.17, 15) is 9.59 Å². The van der Waals surface area contributed by atoms with Gasteiger partial charge in [-0.05, 0) is 38.6 Å². The highest BCUT2D eigenvalue weighted by Crippen LogP contribution is 2.31. The lowest BCUT2D eigenvalue weighted by atomic mass is 10.0. The second-order valence-electron chi connectivity index (χ2n) is 6.07. The molecule has 2 aliphatic heterocycles. The summed E-state index contributed by atoms with van der Waals surface area (Å²) in [6.07, 6.45) is 4.91. The molecular formula is C14H23N3O2. The highest BCUT2D eigenvalue weighted by molar-refractivity contribution is 5.81. The summed E-state index contributed by atoms with van der Waals surface area (Å²) < 4.78 is 0. The predicted molar refractivity (Wildman–Crippen MR) is 71.4 cm³/mol. The summed E-state index contributed by atoms with van der Waals surface area (Å²) in [5.41, 5.74) is 0. The van der Waals surface area contributed by atoms with Crippen molar-refractivity contribution in [2.24, 2.45) is 11.8 Å². The van der Waals surface area contributed by atoms with Gasteiger partial charge in [0.2, 0.25) is 11.8 Å². The van der Waals surface area contributed by atoms with Gasteiger partial charge < -0.3 is 15.5 Å². The summed E-state index contributed by atoms with van der Waals surface area (Å²) in [7, 11) is 0. The fraction of sp³-hybridized carbons (Fsp3) is 0.857. The number of hydrogen-bond acceptors (Lipinski definition) is 3. The topological polar surface area (TPSA) is 61.4 Å². The second-order valence-corrected chi connectivity index (χ2v) is 6.07. The minimum Gasteiger partial charge on any atom is -0.353 e. The third-order valence-corrected chi connectivity index (χ3v) is 4.51. The van der Waals surface area contributed by atoms with E-state index >= 15 is 0 Å². The van der Waals surface area contributed by atoms with E-state index in [0.29, 0.717) is 11.8 Å². The molecule has 5 heteroatoms. The molecule has 2 heterocycles. The second kappa shape index (κ2) is 5.49. The van der Waals surface area contributed by atoms with Gasteiger partial charge in [0.1, 0.15) is 0 Å². The van der Waals surface area contributed by atoms with Crippen LogP contribution in [0.3, 0.4) is 0 Å². The zero-order valence-electron chi connectivity index (χ0n) is 11.4. The van der Waals surface area contributed by atoms with E-state index < -0.39 is 0 Å². The molecule has 2 saturated heterocycles. The van der Waals surface area contributed by atoms with E-state index in [4.69, 9.17) is 0 Å². The van der Waals surface area contributed by atoms with Crippen LogP contribution < -0.4 is 10.6 Å². The number of amides is 2. The Morgan fingerprint density at radius 2 is 1.74 bits per heavy atom. The maximum atomic E-state index is 12.0. The van der Waals surface area contributed by atoms with Crippen molar-refractivity contribution < 1.29 is 9.59 Å². The quantitative estimate of drug-likeness (QED) is 0.761. The molecule has 3 rings (SSSR count). The van der Waals surface area contributed by atoms with Crippen molar-refractivity contribution in [2.45, 2.75) is 38.1 Å². The van der Waals surface area contributed by atoms with Crippen molar-refractivity contribution >= 4 is 11.8 Å². The normalized spacial score (nSPS) is 28.4. The minimum atomic E-state index is 0.145. The standard InChI is InChI=1S/C14H23N3O2/c18-13(11-3-6-15-9-11)16-12-4-7-17(8-5-12)14(19)10-1-2-10/h10-12,15H,1-9H2,(H,16,18). The molecule has 1 aliphatic carbocycles. The van der Waals surface area contributed by atoms with Gasteiger partial charge in [0.15, 0.2) is 0 Å². The largest absolute Gasteiger partial charge is 0.353 e. The number of nitrogens with zero attached hydrogens (tertiary/aromatic N) is 1. The predicted octanol–water partition coefficient (Wildman–Crippen LogP) is 0.113. The average Bonchev–Trinajstić information content (AvgIpc) is 3.13. The molecule has 2 amide bonds. The Kier molecular flexibility index (Phi) is 3.73. The molecule has 19 heavy (non-hydrogen) atoms. The van der Waals surface area contributed by atoms with E-state index in [1.807, 2.05) is 4.90 Å². The zero-order valence-corrected chi connectivity index (χ0v) is 11.4. The molecule has 0 bridgehead atoms. The van der Waals surface area contributed by atoms with Crippen molar-refractivity contribution in [1.29, 1.82) is 0 Å². The molecule has 3 fully saturated rings. The van der Waals surface area contributed by atoms with Crippen LogP contribution in [0.25, 0.3) is 0 Å². The lowest BCUT2D eigenvalue weighted by molar-refractivity contribution is -0.133. The van der Waals surface area contributed by atoms with Crippen LogP contribution in [0.1, 0.15) is 32.1 Å². The monoisotopic (exact) mass is 265 g/mol. The molecule has 1 atom stereocenters. The molecule has 0 aromatic heterocycles. The Morgan fingerprint density at radius 3 is 2.32 bits per heavy atom. The van der Waals surface area contributed by atoms with E-state index in [2.05, 4.69) is 10.6 Å². The fourth-order valence-corrected chi connectivity index (χ4v) is 3.03. The van der Waals surface area contributed by atoms with Crippen molar-refractivity contribution in [3.63, 3.8) is 0 Å². The highest BCUT2D eigenvalue weighted by atomic mass is 16.2. The maximum absolute atomic E-state index is 12.0. The Balaban J connectivity index is 1.42. The fourth-order valence-electron chi connectivity index (χ4n) is 3.03. The molecule has 0 radical (unpaired) electrons. The molecule has 5 nitrogen and oxygen atoms in total. The SMILES string of the molecule is O=C(NC1CCN(C(=O)C2CC2)CC1)C1CCNC1. The number of carbonyl (C=O) groups excluding carboxylic acids is 2. The first kappa shape index (κ1) is 12.9. The third-order valence-electron chi connectivity index (χ3n) is 4.51. The lowest BCUT2D eigenvalue weighted by Crippen LogP contribution is -2.48. The van der Waals surface area contributed by atoms with Gasteiger partial charge in [0, 0.05) is 31.6 Å². The minimum absolute atomic E-state index is 0.145. The van der Waals surface area contributed by atoms with E-state index in [-0.39, 0.29) is 17.9 Å². The average molecular weight is 265 g/mol. The first-order chi connectivity index (χ1) is 9.24. The van der Waals surface area contributed by atoms with Crippen LogP contribution in [0.5, 0.6) is 0 Å². The summed E-state index contributed by atoms with van der Waals surface area (Å²) in [4.78, 5) is 25.9. The third kappa shape index (κ3) is 3.08. The van der Waals surface area contributed by atoms with Crippen molar-refractivity contribution in [3.05, 3.63) is 0 Å².